The standard InChI is InChI=1S/2C18H15S.2C9H10F2O8S2.BrH.Na/c2*1-4-10-16(11-5-1)19(17-12-6-2-7-13-17)18-14-8-3-9-15-18;2*10-9(11,21(15,16)17)8(12)18-6-3-1-4-5(2-3)20(13,14)19-7(4)6;;/h2*1-15H;2*3-7H,1-2H2,(H,15,16,17);1H;/q2*+1;;;;+1/p-3. The van der Waals surface area contributed by atoms with Gasteiger partial charge in [-0.1, -0.05) is 109 Å². The van der Waals surface area contributed by atoms with E-state index in [9.17, 15) is 69.9 Å². The second-order valence-electron chi connectivity index (χ2n) is 19.1. The van der Waals surface area contributed by atoms with E-state index in [0.717, 1.165) is 0 Å². The molecule has 6 aromatic carbocycles. The number of carbonyl (C=O) groups is 2. The molecule has 0 aromatic heterocycles. The van der Waals surface area contributed by atoms with Crippen LogP contribution >= 0.6 is 0 Å². The first-order chi connectivity index (χ1) is 37.8. The Kier molecular flexibility index (Phi) is 20.9. The molecular weight excluding hydrogens is 1280 g/mol. The average Bonchev–Trinajstić information content (AvgIpc) is 2.41. The van der Waals surface area contributed by atoms with Gasteiger partial charge in [-0.25, -0.2) is 26.4 Å². The molecular formula is C54H48BrF4NaO16S6. The second kappa shape index (κ2) is 26.2. The first-order valence-corrected chi connectivity index (χ1v) is 32.7. The summed E-state index contributed by atoms with van der Waals surface area (Å²) < 4.78 is 179. The van der Waals surface area contributed by atoms with Crippen molar-refractivity contribution in [3.63, 3.8) is 0 Å². The van der Waals surface area contributed by atoms with Gasteiger partial charge in [0.25, 0.3) is 20.2 Å². The Morgan fingerprint density at radius 2 is 0.671 bits per heavy atom. The third kappa shape index (κ3) is 13.7. The zero-order valence-corrected chi connectivity index (χ0v) is 51.3. The van der Waals surface area contributed by atoms with Crippen LogP contribution in [0.4, 0.5) is 17.6 Å². The van der Waals surface area contributed by atoms with Crippen molar-refractivity contribution in [2.75, 3.05) is 0 Å². The predicted molar refractivity (Wildman–Crippen MR) is 280 cm³/mol. The minimum atomic E-state index is -6.21. The van der Waals surface area contributed by atoms with Crippen molar-refractivity contribution in [1.29, 1.82) is 0 Å². The van der Waals surface area contributed by atoms with E-state index in [1.807, 2.05) is 0 Å². The summed E-state index contributed by atoms with van der Waals surface area (Å²) in [5.74, 6) is -6.93. The van der Waals surface area contributed by atoms with E-state index in [1.54, 1.807) is 0 Å². The summed E-state index contributed by atoms with van der Waals surface area (Å²) in [4.78, 5) is 30.6. The second-order valence-corrected chi connectivity index (χ2v) is 29.6. The van der Waals surface area contributed by atoms with Crippen molar-refractivity contribution in [2.45, 2.75) is 100 Å². The van der Waals surface area contributed by atoms with Crippen LogP contribution in [-0.4, -0.2) is 100 Å². The first-order valence-electron chi connectivity index (χ1n) is 24.5. The number of esters is 2. The summed E-state index contributed by atoms with van der Waals surface area (Å²) in [7, 11) is -20.1. The molecule has 0 N–H and O–H groups in total. The normalized spacial score (nSPS) is 25.6. The summed E-state index contributed by atoms with van der Waals surface area (Å²) in [6.07, 6.45) is -3.92. The molecule has 432 valence electrons. The van der Waals surface area contributed by atoms with Gasteiger partial charge in [0.15, 0.2) is 49.6 Å². The van der Waals surface area contributed by atoms with Gasteiger partial charge in [-0.15, -0.1) is 0 Å². The van der Waals surface area contributed by atoms with E-state index in [1.165, 1.54) is 29.4 Å². The largest absolute Gasteiger partial charge is 1.00 e. The van der Waals surface area contributed by atoms with Crippen LogP contribution in [0, 0.1) is 23.7 Å². The number of benzene rings is 6. The number of ether oxygens (including phenoxy) is 2. The molecule has 2 saturated heterocycles. The quantitative estimate of drug-likeness (QED) is 0.0424. The zero-order chi connectivity index (χ0) is 57.4. The van der Waals surface area contributed by atoms with Crippen molar-refractivity contribution < 1.29 is 134 Å². The van der Waals surface area contributed by atoms with Gasteiger partial charge in [-0.3, -0.25) is 8.37 Å². The summed E-state index contributed by atoms with van der Waals surface area (Å²) in [6.45, 7) is 0. The molecule has 2 aliphatic heterocycles. The van der Waals surface area contributed by atoms with Gasteiger partial charge in [-0.2, -0.15) is 34.4 Å². The van der Waals surface area contributed by atoms with Gasteiger partial charge in [0, 0.05) is 23.7 Å². The predicted octanol–water partition coefficient (Wildman–Crippen LogP) is 1.92. The van der Waals surface area contributed by atoms with Crippen molar-refractivity contribution >= 4 is 74.2 Å². The van der Waals surface area contributed by atoms with Gasteiger partial charge in [-0.05, 0) is 98.5 Å². The number of hydrogen-bond donors (Lipinski definition) is 0. The van der Waals surface area contributed by atoms with E-state index < -0.39 is 122 Å². The molecule has 6 aromatic rings. The van der Waals surface area contributed by atoms with E-state index in [0.29, 0.717) is 12.8 Å². The topological polar surface area (TPSA) is 254 Å². The molecule has 4 bridgehead atoms. The third-order valence-electron chi connectivity index (χ3n) is 14.3. The number of hydrogen-bond acceptors (Lipinski definition) is 16. The molecule has 28 heteroatoms. The van der Waals surface area contributed by atoms with Gasteiger partial charge < -0.3 is 35.6 Å². The third-order valence-corrected chi connectivity index (χ3v) is 23.9. The Bertz CT molecular complexity index is 3210. The molecule has 6 fully saturated rings. The fourth-order valence-electron chi connectivity index (χ4n) is 10.8. The molecule has 10 atom stereocenters. The summed E-state index contributed by atoms with van der Waals surface area (Å²) in [6, 6.07) is 64.3. The van der Waals surface area contributed by atoms with Gasteiger partial charge >= 0.3 is 52.0 Å². The van der Waals surface area contributed by atoms with Gasteiger partial charge in [0.2, 0.25) is 0 Å². The molecule has 0 spiro atoms. The Hall–Kier alpha value is -4.20. The number of halogens is 5. The Morgan fingerprint density at radius 1 is 0.451 bits per heavy atom. The summed E-state index contributed by atoms with van der Waals surface area (Å²) >= 11 is 0. The molecule has 0 amide bonds. The van der Waals surface area contributed by atoms with E-state index in [-0.39, 0.29) is 81.2 Å². The fraction of sp³-hybridized carbons (Fsp3) is 0.296. The van der Waals surface area contributed by atoms with Crippen molar-refractivity contribution in [1.82, 2.24) is 0 Å². The molecule has 16 nitrogen and oxygen atoms in total. The summed E-state index contributed by atoms with van der Waals surface area (Å²) in [5.41, 5.74) is 0. The number of alkyl halides is 4. The smallest absolute Gasteiger partial charge is 1.00 e. The van der Waals surface area contributed by atoms with Crippen LogP contribution in [0.25, 0.3) is 0 Å². The van der Waals surface area contributed by atoms with Crippen LogP contribution in [0.1, 0.15) is 25.7 Å². The van der Waals surface area contributed by atoms with Crippen molar-refractivity contribution in [3.8, 4) is 0 Å². The monoisotopic (exact) mass is 1320 g/mol. The van der Waals surface area contributed by atoms with Crippen LogP contribution in [0.2, 0.25) is 0 Å². The molecule has 4 saturated carbocycles. The molecule has 12 rings (SSSR count). The zero-order valence-electron chi connectivity index (χ0n) is 42.8. The van der Waals surface area contributed by atoms with Gasteiger partial charge in [0.05, 0.1) is 32.3 Å². The molecule has 6 aliphatic rings. The maximum atomic E-state index is 13.1. The van der Waals surface area contributed by atoms with Crippen LogP contribution < -0.4 is 46.5 Å². The molecule has 2 heterocycles. The molecule has 82 heavy (non-hydrogen) atoms. The van der Waals surface area contributed by atoms with Gasteiger partial charge in [0.1, 0.15) is 24.4 Å². The van der Waals surface area contributed by atoms with Crippen LogP contribution in [-0.2, 0) is 89.7 Å². The minimum absolute atomic E-state index is 0. The van der Waals surface area contributed by atoms with Crippen LogP contribution in [0.3, 0.4) is 0 Å². The molecule has 10 unspecified atom stereocenters. The van der Waals surface area contributed by atoms with Crippen LogP contribution in [0.5, 0.6) is 0 Å². The SMILES string of the molecule is O=C(OC1C2CC3C1OS(=O)(=O)C3C2)C(F)(F)S(=O)(=O)[O-].O=C(OC1C2CC3C1OS(=O)(=O)C3C2)C(F)(F)S(=O)(=O)[O-].[Br-].[Na+].c1ccc([S+](c2ccccc2)c2ccccc2)cc1.c1ccc([S+](c2ccccc2)c2ccccc2)cc1. The fourth-order valence-corrected chi connectivity index (χ4v) is 19.3. The number of fused-ring (bicyclic) bond motifs is 2. The van der Waals surface area contributed by atoms with Crippen molar-refractivity contribution in [2.24, 2.45) is 23.7 Å². The Morgan fingerprint density at radius 3 is 0.878 bits per heavy atom. The first kappa shape index (κ1) is 65.3. The van der Waals surface area contributed by atoms with E-state index in [2.05, 4.69) is 191 Å². The van der Waals surface area contributed by atoms with Crippen LogP contribution in [0.15, 0.2) is 211 Å². The average molecular weight is 1320 g/mol. The molecule has 4 aliphatic carbocycles. The number of rotatable bonds is 12. The number of carbonyl (C=O) groups excluding carboxylic acids is 2. The summed E-state index contributed by atoms with van der Waals surface area (Å²) in [5, 5.41) is -11.9. The Labute approximate surface area is 510 Å². The maximum Gasteiger partial charge on any atom is 1.00 e. The van der Waals surface area contributed by atoms with E-state index in [4.69, 9.17) is 8.37 Å². The maximum absolute atomic E-state index is 13.1. The van der Waals surface area contributed by atoms with E-state index >= 15 is 0 Å². The van der Waals surface area contributed by atoms with Crippen molar-refractivity contribution in [3.05, 3.63) is 182 Å². The Balaban J connectivity index is 0.000000156. The molecule has 0 radical (unpaired) electrons. The minimum Gasteiger partial charge on any atom is -1.00 e.